The maximum atomic E-state index is 12.8. The molecule has 13 atom stereocenters. The van der Waals surface area contributed by atoms with Gasteiger partial charge in [-0.1, -0.05) is 51.5 Å². The molecule has 236 valence electrons. The van der Waals surface area contributed by atoms with E-state index in [1.165, 1.54) is 11.1 Å². The van der Waals surface area contributed by atoms with E-state index < -0.39 is 41.4 Å². The Hall–Kier alpha value is -1.29. The molecule has 6 rings (SSSR count). The lowest BCUT2D eigenvalue weighted by Gasteiger charge is -2.71. The van der Waals surface area contributed by atoms with Crippen molar-refractivity contribution in [1.29, 1.82) is 0 Å². The zero-order chi connectivity index (χ0) is 30.5. The summed E-state index contributed by atoms with van der Waals surface area (Å²) >= 11 is 0. The van der Waals surface area contributed by atoms with Crippen LogP contribution in [0.25, 0.3) is 0 Å². The Balaban J connectivity index is 1.31. The second kappa shape index (κ2) is 10.1. The number of aliphatic carboxylic acids is 1. The second-order valence-corrected chi connectivity index (χ2v) is 15.8. The molecule has 8 nitrogen and oxygen atoms in total. The fourth-order valence-corrected chi connectivity index (χ4v) is 11.5. The highest BCUT2D eigenvalue weighted by molar-refractivity contribution is 5.77. The Morgan fingerprint density at radius 3 is 2.45 bits per heavy atom. The van der Waals surface area contributed by atoms with Gasteiger partial charge in [0.15, 0.2) is 6.29 Å². The highest BCUT2D eigenvalue weighted by atomic mass is 16.7. The zero-order valence-corrected chi connectivity index (χ0v) is 25.8. The van der Waals surface area contributed by atoms with E-state index in [2.05, 4.69) is 40.3 Å². The van der Waals surface area contributed by atoms with E-state index in [9.17, 15) is 30.3 Å². The first-order chi connectivity index (χ1) is 19.7. The molecule has 1 aliphatic heterocycles. The van der Waals surface area contributed by atoms with E-state index in [1.54, 1.807) is 0 Å². The molecular formula is C34H52O8. The van der Waals surface area contributed by atoms with Crippen LogP contribution < -0.4 is 0 Å². The molecular weight excluding hydrogens is 536 g/mol. The first-order valence-electron chi connectivity index (χ1n) is 16.2. The molecule has 0 aromatic heterocycles. The minimum Gasteiger partial charge on any atom is -0.481 e. The van der Waals surface area contributed by atoms with Crippen molar-refractivity contribution in [1.82, 2.24) is 0 Å². The summed E-state index contributed by atoms with van der Waals surface area (Å²) in [6, 6.07) is 0. The summed E-state index contributed by atoms with van der Waals surface area (Å²) in [5.41, 5.74) is 1.13. The normalized spacial score (nSPS) is 54.1. The number of fused-ring (bicyclic) bond motifs is 7. The maximum Gasteiger partial charge on any atom is 0.310 e. The molecule has 5 N–H and O–H groups in total. The molecule has 5 fully saturated rings. The molecule has 4 saturated carbocycles. The lowest BCUT2D eigenvalue weighted by Crippen LogP contribution is -2.66. The van der Waals surface area contributed by atoms with Gasteiger partial charge >= 0.3 is 5.97 Å². The second-order valence-electron chi connectivity index (χ2n) is 15.8. The molecule has 1 saturated heterocycles. The van der Waals surface area contributed by atoms with E-state index in [0.717, 1.165) is 44.9 Å². The van der Waals surface area contributed by atoms with Gasteiger partial charge in [0.05, 0.1) is 24.7 Å². The molecule has 0 spiro atoms. The molecule has 6 aliphatic rings. The lowest BCUT2D eigenvalue weighted by molar-refractivity contribution is -0.312. The largest absolute Gasteiger partial charge is 0.481 e. The number of hydrogen-bond donors (Lipinski definition) is 5. The molecule has 0 aromatic rings. The molecule has 0 aromatic carbocycles. The minimum atomic E-state index is -1.36. The van der Waals surface area contributed by atoms with Crippen LogP contribution in [-0.4, -0.2) is 75.4 Å². The minimum absolute atomic E-state index is 0.00123. The Morgan fingerprint density at radius 2 is 1.76 bits per heavy atom. The number of hydrogen-bond acceptors (Lipinski definition) is 7. The lowest BCUT2D eigenvalue weighted by atomic mass is 9.34. The van der Waals surface area contributed by atoms with Crippen molar-refractivity contribution in [3.8, 4) is 0 Å². The maximum absolute atomic E-state index is 12.8. The van der Waals surface area contributed by atoms with Gasteiger partial charge in [0, 0.05) is 11.3 Å². The number of rotatable bonds is 4. The van der Waals surface area contributed by atoms with Gasteiger partial charge in [0.2, 0.25) is 0 Å². The van der Waals surface area contributed by atoms with Gasteiger partial charge in [0.1, 0.15) is 18.3 Å². The van der Waals surface area contributed by atoms with Crippen LogP contribution in [0.2, 0.25) is 0 Å². The molecule has 8 heteroatoms. The van der Waals surface area contributed by atoms with Crippen molar-refractivity contribution in [2.24, 2.45) is 44.8 Å². The van der Waals surface area contributed by atoms with Crippen molar-refractivity contribution >= 4 is 5.97 Å². The molecule has 42 heavy (non-hydrogen) atoms. The van der Waals surface area contributed by atoms with Gasteiger partial charge in [-0.3, -0.25) is 4.79 Å². The summed E-state index contributed by atoms with van der Waals surface area (Å²) in [6.07, 6.45) is 5.45. The number of carboxylic acid groups (broad SMARTS) is 1. The Morgan fingerprint density at radius 1 is 1.02 bits per heavy atom. The average molecular weight is 589 g/mol. The molecule has 0 amide bonds. The number of carboxylic acids is 1. The SMILES string of the molecule is C=C1CC[C@]2(C(=O)O)CC[C@]3(C)C(=CC[C@@H]4[C@@]5(C)CCC(O[C@@H]6OC[C@H](O)[C@H](O)[C@H]6O)[C@@](C)(CO)[C@@H]5CC[C@]43C)[C@@H]2C1. The summed E-state index contributed by atoms with van der Waals surface area (Å²) in [6.45, 7) is 13.5. The van der Waals surface area contributed by atoms with Crippen LogP contribution in [0.4, 0.5) is 0 Å². The summed E-state index contributed by atoms with van der Waals surface area (Å²) in [7, 11) is 0. The van der Waals surface area contributed by atoms with Crippen molar-refractivity contribution in [3.05, 3.63) is 23.8 Å². The molecule has 1 heterocycles. The molecule has 5 aliphatic carbocycles. The standard InChI is InChI=1S/C34H52O8/c1-19-8-13-34(29(39)40)15-14-32(4)20(21(34)16-19)6-7-24-30(2)11-10-25(42-28-27(38)26(37)22(36)17-41-28)31(3,18-35)23(30)9-12-33(24,32)5/h6,21-28,35-38H,1,7-18H2,2-5H3,(H,39,40)/t21-,22-,23+,24+,25?,26-,27+,28-,30-,31-,32+,33+,34-/m0/s1. The van der Waals surface area contributed by atoms with E-state index in [0.29, 0.717) is 25.2 Å². The first-order valence-corrected chi connectivity index (χ1v) is 16.2. The third-order valence-electron chi connectivity index (χ3n) is 14.3. The number of ether oxygens (including phenoxy) is 2. The van der Waals surface area contributed by atoms with Crippen LogP contribution in [0.15, 0.2) is 23.8 Å². The number of aliphatic hydroxyl groups is 4. The molecule has 1 unspecified atom stereocenters. The van der Waals surface area contributed by atoms with Gasteiger partial charge in [-0.2, -0.15) is 0 Å². The van der Waals surface area contributed by atoms with Gasteiger partial charge < -0.3 is 35.0 Å². The van der Waals surface area contributed by atoms with Crippen LogP contribution in [-0.2, 0) is 14.3 Å². The van der Waals surface area contributed by atoms with Crippen molar-refractivity contribution in [3.63, 3.8) is 0 Å². The van der Waals surface area contributed by atoms with E-state index >= 15 is 0 Å². The predicted molar refractivity (Wildman–Crippen MR) is 156 cm³/mol. The van der Waals surface area contributed by atoms with Gasteiger partial charge in [0.25, 0.3) is 0 Å². The molecule has 0 radical (unpaired) electrons. The third kappa shape index (κ3) is 3.97. The van der Waals surface area contributed by atoms with E-state index in [1.807, 2.05) is 0 Å². The Bertz CT molecular complexity index is 1150. The highest BCUT2D eigenvalue weighted by Crippen LogP contribution is 2.75. The number of carbonyl (C=O) groups is 1. The third-order valence-corrected chi connectivity index (χ3v) is 14.3. The zero-order valence-electron chi connectivity index (χ0n) is 25.8. The summed E-state index contributed by atoms with van der Waals surface area (Å²) in [5, 5.41) is 52.1. The van der Waals surface area contributed by atoms with Crippen LogP contribution >= 0.6 is 0 Å². The van der Waals surface area contributed by atoms with Crippen LogP contribution in [0.1, 0.15) is 91.9 Å². The monoisotopic (exact) mass is 588 g/mol. The van der Waals surface area contributed by atoms with Crippen LogP contribution in [0, 0.1) is 44.8 Å². The smallest absolute Gasteiger partial charge is 0.310 e. The van der Waals surface area contributed by atoms with Gasteiger partial charge in [-0.25, -0.2) is 0 Å². The highest BCUT2D eigenvalue weighted by Gasteiger charge is 2.69. The van der Waals surface area contributed by atoms with E-state index in [-0.39, 0.29) is 47.4 Å². The van der Waals surface area contributed by atoms with Crippen LogP contribution in [0.5, 0.6) is 0 Å². The number of allylic oxidation sites excluding steroid dienone is 3. The molecule has 0 bridgehead atoms. The van der Waals surface area contributed by atoms with Crippen LogP contribution in [0.3, 0.4) is 0 Å². The number of aliphatic hydroxyl groups excluding tert-OH is 4. The first kappa shape index (κ1) is 30.7. The Labute approximate surface area is 250 Å². The fraction of sp³-hybridized carbons (Fsp3) is 0.853. The van der Waals surface area contributed by atoms with Crippen molar-refractivity contribution in [2.75, 3.05) is 13.2 Å². The topological polar surface area (TPSA) is 137 Å². The predicted octanol–water partition coefficient (Wildman–Crippen LogP) is 4.20. The fourth-order valence-electron chi connectivity index (χ4n) is 11.5. The van der Waals surface area contributed by atoms with Gasteiger partial charge in [-0.15, -0.1) is 0 Å². The van der Waals surface area contributed by atoms with Crippen molar-refractivity contribution < 1.29 is 39.8 Å². The average Bonchev–Trinajstić information content (AvgIpc) is 2.95. The van der Waals surface area contributed by atoms with Crippen molar-refractivity contribution in [2.45, 2.75) is 123 Å². The summed E-state index contributed by atoms with van der Waals surface area (Å²) in [4.78, 5) is 12.8. The Kier molecular flexibility index (Phi) is 7.40. The summed E-state index contributed by atoms with van der Waals surface area (Å²) in [5.74, 6) is -0.0716. The van der Waals surface area contributed by atoms with E-state index in [4.69, 9.17) is 9.47 Å². The van der Waals surface area contributed by atoms with Gasteiger partial charge in [-0.05, 0) is 92.3 Å². The quantitative estimate of drug-likeness (QED) is 0.244. The summed E-state index contributed by atoms with van der Waals surface area (Å²) < 4.78 is 12.0.